The average Bonchev–Trinajstić information content (AvgIpc) is 3.04. The summed E-state index contributed by atoms with van der Waals surface area (Å²) in [6.07, 6.45) is 1.33. The van der Waals surface area contributed by atoms with Gasteiger partial charge < -0.3 is 10.2 Å². The Morgan fingerprint density at radius 3 is 2.74 bits per heavy atom. The summed E-state index contributed by atoms with van der Waals surface area (Å²) in [5, 5.41) is 5.66. The first-order valence-corrected chi connectivity index (χ1v) is 8.20. The highest BCUT2D eigenvalue weighted by Gasteiger charge is 2.31. The normalized spacial score (nSPS) is 29.9. The van der Waals surface area contributed by atoms with E-state index in [0.717, 1.165) is 6.54 Å². The molecule has 2 aliphatic heterocycles. The van der Waals surface area contributed by atoms with Crippen LogP contribution in [0.5, 0.6) is 0 Å². The zero-order valence-electron chi connectivity index (χ0n) is 11.8. The summed E-state index contributed by atoms with van der Waals surface area (Å²) in [6.45, 7) is 11.9. The third-order valence-electron chi connectivity index (χ3n) is 4.40. The summed E-state index contributed by atoms with van der Waals surface area (Å²) >= 11 is 1.69. The van der Waals surface area contributed by atoms with Gasteiger partial charge in [-0.15, -0.1) is 11.3 Å². The van der Waals surface area contributed by atoms with Crippen LogP contribution in [0.2, 0.25) is 0 Å². The lowest BCUT2D eigenvalue weighted by atomic mass is 9.89. The van der Waals surface area contributed by atoms with Crippen molar-refractivity contribution < 1.29 is 0 Å². The molecular weight excluding hydrogens is 256 g/mol. The quantitative estimate of drug-likeness (QED) is 0.900. The zero-order valence-corrected chi connectivity index (χ0v) is 12.6. The predicted octanol–water partition coefficient (Wildman–Crippen LogP) is 1.26. The highest BCUT2D eigenvalue weighted by molar-refractivity contribution is 7.07. The molecule has 0 bridgehead atoms. The maximum Gasteiger partial charge on any atom is 0.0795 e. The lowest BCUT2D eigenvalue weighted by Gasteiger charge is -2.38. The van der Waals surface area contributed by atoms with Crippen LogP contribution >= 0.6 is 11.3 Å². The van der Waals surface area contributed by atoms with Crippen molar-refractivity contribution >= 4 is 11.3 Å². The van der Waals surface area contributed by atoms with Crippen LogP contribution in [0.3, 0.4) is 0 Å². The van der Waals surface area contributed by atoms with Gasteiger partial charge >= 0.3 is 0 Å². The number of aromatic nitrogens is 1. The molecule has 0 spiro atoms. The van der Waals surface area contributed by atoms with Gasteiger partial charge in [0, 0.05) is 51.2 Å². The van der Waals surface area contributed by atoms with Gasteiger partial charge in [-0.1, -0.05) is 6.92 Å². The van der Waals surface area contributed by atoms with Gasteiger partial charge in [-0.3, -0.25) is 4.90 Å². The first-order valence-electron chi connectivity index (χ1n) is 7.26. The van der Waals surface area contributed by atoms with Crippen molar-refractivity contribution in [2.75, 3.05) is 45.8 Å². The first kappa shape index (κ1) is 13.5. The Labute approximate surface area is 119 Å². The standard InChI is InChI=1S/C14H24N4S/c1-14(2-3-15-10-14)11-18-6-4-17(5-7-18)8-13-9-19-12-16-13/h9,12,15H,2-8,10-11H2,1H3. The molecule has 0 amide bonds. The van der Waals surface area contributed by atoms with E-state index in [9.17, 15) is 0 Å². The van der Waals surface area contributed by atoms with Gasteiger partial charge in [-0.05, 0) is 18.4 Å². The van der Waals surface area contributed by atoms with Crippen LogP contribution in [0.15, 0.2) is 10.9 Å². The lowest BCUT2D eigenvalue weighted by Crippen LogP contribution is -2.49. The van der Waals surface area contributed by atoms with Crippen LogP contribution in [0.4, 0.5) is 0 Å². The van der Waals surface area contributed by atoms with Crippen molar-refractivity contribution in [1.29, 1.82) is 0 Å². The van der Waals surface area contributed by atoms with E-state index < -0.39 is 0 Å². The van der Waals surface area contributed by atoms with E-state index in [2.05, 4.69) is 32.4 Å². The highest BCUT2D eigenvalue weighted by atomic mass is 32.1. The molecule has 2 aliphatic rings. The number of hydrogen-bond donors (Lipinski definition) is 1. The molecule has 0 aliphatic carbocycles. The number of piperazine rings is 1. The molecule has 2 fully saturated rings. The third-order valence-corrected chi connectivity index (χ3v) is 5.03. The minimum absolute atomic E-state index is 0.497. The van der Waals surface area contributed by atoms with Gasteiger partial charge in [0.15, 0.2) is 0 Å². The molecular formula is C14H24N4S. The van der Waals surface area contributed by atoms with E-state index in [4.69, 9.17) is 0 Å². The van der Waals surface area contributed by atoms with Gasteiger partial charge in [0.05, 0.1) is 11.2 Å². The Kier molecular flexibility index (Phi) is 4.17. The van der Waals surface area contributed by atoms with E-state index in [1.165, 1.54) is 57.9 Å². The van der Waals surface area contributed by atoms with Gasteiger partial charge in [-0.25, -0.2) is 4.98 Å². The van der Waals surface area contributed by atoms with Crippen LogP contribution in [0, 0.1) is 5.41 Å². The Hall–Kier alpha value is -0.490. The summed E-state index contributed by atoms with van der Waals surface area (Å²) < 4.78 is 0. The van der Waals surface area contributed by atoms with Gasteiger partial charge in [-0.2, -0.15) is 0 Å². The van der Waals surface area contributed by atoms with E-state index in [0.29, 0.717) is 5.41 Å². The number of thiazole rings is 1. The maximum absolute atomic E-state index is 4.38. The van der Waals surface area contributed by atoms with E-state index >= 15 is 0 Å². The Balaban J connectivity index is 1.44. The van der Waals surface area contributed by atoms with E-state index in [1.807, 2.05) is 5.51 Å². The molecule has 1 unspecified atom stereocenters. The van der Waals surface area contributed by atoms with E-state index in [-0.39, 0.29) is 0 Å². The second kappa shape index (κ2) is 5.87. The molecule has 3 heterocycles. The van der Waals surface area contributed by atoms with Crippen LogP contribution in [0.25, 0.3) is 0 Å². The van der Waals surface area contributed by atoms with E-state index in [1.54, 1.807) is 11.3 Å². The third kappa shape index (κ3) is 3.54. The molecule has 1 aromatic heterocycles. The lowest BCUT2D eigenvalue weighted by molar-refractivity contribution is 0.0927. The second-order valence-corrected chi connectivity index (χ2v) is 6.99. The van der Waals surface area contributed by atoms with Crippen molar-refractivity contribution in [3.63, 3.8) is 0 Å². The highest BCUT2D eigenvalue weighted by Crippen LogP contribution is 2.26. The summed E-state index contributed by atoms with van der Waals surface area (Å²) in [4.78, 5) is 9.55. The minimum Gasteiger partial charge on any atom is -0.316 e. The van der Waals surface area contributed by atoms with Crippen LogP contribution in [-0.4, -0.2) is 60.6 Å². The van der Waals surface area contributed by atoms with Crippen LogP contribution in [0.1, 0.15) is 19.0 Å². The van der Waals surface area contributed by atoms with Crippen molar-refractivity contribution in [3.05, 3.63) is 16.6 Å². The molecule has 0 aromatic carbocycles. The summed E-state index contributed by atoms with van der Waals surface area (Å²) in [7, 11) is 0. The molecule has 19 heavy (non-hydrogen) atoms. The predicted molar refractivity (Wildman–Crippen MR) is 79.4 cm³/mol. The smallest absolute Gasteiger partial charge is 0.0795 e. The largest absolute Gasteiger partial charge is 0.316 e. The van der Waals surface area contributed by atoms with Crippen molar-refractivity contribution in [1.82, 2.24) is 20.1 Å². The van der Waals surface area contributed by atoms with Gasteiger partial charge in [0.2, 0.25) is 0 Å². The fourth-order valence-corrected chi connectivity index (χ4v) is 3.74. The molecule has 4 nitrogen and oxygen atoms in total. The van der Waals surface area contributed by atoms with Crippen molar-refractivity contribution in [3.8, 4) is 0 Å². The van der Waals surface area contributed by atoms with Gasteiger partial charge in [0.25, 0.3) is 0 Å². The maximum atomic E-state index is 4.38. The Morgan fingerprint density at radius 1 is 1.32 bits per heavy atom. The fourth-order valence-electron chi connectivity index (χ4n) is 3.19. The molecule has 3 rings (SSSR count). The number of nitrogens with zero attached hydrogens (tertiary/aromatic N) is 3. The molecule has 106 valence electrons. The monoisotopic (exact) mass is 280 g/mol. The number of nitrogens with one attached hydrogen (secondary N) is 1. The molecule has 2 saturated heterocycles. The Bertz CT molecular complexity index is 378. The fraction of sp³-hybridized carbons (Fsp3) is 0.786. The SMILES string of the molecule is CC1(CN2CCN(Cc3cscn3)CC2)CCNC1. The minimum atomic E-state index is 0.497. The molecule has 5 heteroatoms. The second-order valence-electron chi connectivity index (χ2n) is 6.27. The average molecular weight is 280 g/mol. The molecule has 0 radical (unpaired) electrons. The van der Waals surface area contributed by atoms with Crippen LogP contribution in [-0.2, 0) is 6.54 Å². The Morgan fingerprint density at radius 2 is 2.11 bits per heavy atom. The molecule has 1 N–H and O–H groups in total. The molecule has 0 saturated carbocycles. The topological polar surface area (TPSA) is 31.4 Å². The van der Waals surface area contributed by atoms with Crippen LogP contribution < -0.4 is 5.32 Å². The summed E-state index contributed by atoms with van der Waals surface area (Å²) in [5.41, 5.74) is 3.65. The first-order chi connectivity index (χ1) is 9.23. The summed E-state index contributed by atoms with van der Waals surface area (Å²) in [6, 6.07) is 0. The van der Waals surface area contributed by atoms with Crippen molar-refractivity contribution in [2.24, 2.45) is 5.41 Å². The molecule has 1 aromatic rings. The number of hydrogen-bond acceptors (Lipinski definition) is 5. The molecule has 1 atom stereocenters. The van der Waals surface area contributed by atoms with Gasteiger partial charge in [0.1, 0.15) is 0 Å². The summed E-state index contributed by atoms with van der Waals surface area (Å²) in [5.74, 6) is 0. The zero-order chi connectivity index (χ0) is 13.1. The number of rotatable bonds is 4. The van der Waals surface area contributed by atoms with Crippen molar-refractivity contribution in [2.45, 2.75) is 19.9 Å².